The first-order valence-corrected chi connectivity index (χ1v) is 9.00. The Balaban J connectivity index is 1.86. The maximum Gasteiger partial charge on any atom is 0.309 e. The summed E-state index contributed by atoms with van der Waals surface area (Å²) in [6, 6.07) is 8.16. The molecule has 1 aliphatic heterocycles. The molecule has 2 N–H and O–H groups in total. The number of nitrogens with zero attached hydrogens (tertiary/aromatic N) is 2. The van der Waals surface area contributed by atoms with Crippen molar-refractivity contribution in [1.82, 2.24) is 15.5 Å². The number of nitrogens with one attached hydrogen (secondary N) is 2. The molecule has 1 saturated heterocycles. The quantitative estimate of drug-likeness (QED) is 0.701. The summed E-state index contributed by atoms with van der Waals surface area (Å²) in [5, 5.41) is 5.37. The standard InChI is InChI=1S/C19H30N4O3/c1-22(2)15-9-7-14(8-10-15)17(23(3)4)13-21-19(25)18(24)20-12-16-6-5-11-26-16/h7-10,16-17H,5-6,11-13H2,1-4H3,(H,20,24)(H,21,25). The second kappa shape index (κ2) is 9.54. The van der Waals surface area contributed by atoms with Gasteiger partial charge in [0.1, 0.15) is 0 Å². The lowest BCUT2D eigenvalue weighted by Gasteiger charge is -2.25. The normalized spacial score (nSPS) is 17.8. The molecule has 1 fully saturated rings. The lowest BCUT2D eigenvalue weighted by Crippen LogP contribution is -2.44. The van der Waals surface area contributed by atoms with Gasteiger partial charge in [0.15, 0.2) is 0 Å². The Kier molecular flexibility index (Phi) is 7.41. The second-order valence-electron chi connectivity index (χ2n) is 7.02. The molecule has 7 nitrogen and oxygen atoms in total. The van der Waals surface area contributed by atoms with Crippen molar-refractivity contribution < 1.29 is 14.3 Å². The van der Waals surface area contributed by atoms with Crippen LogP contribution in [0.3, 0.4) is 0 Å². The fourth-order valence-corrected chi connectivity index (χ4v) is 2.95. The molecule has 2 atom stereocenters. The molecular weight excluding hydrogens is 332 g/mol. The molecule has 2 rings (SSSR count). The molecule has 144 valence electrons. The summed E-state index contributed by atoms with van der Waals surface area (Å²) in [5.74, 6) is -1.22. The summed E-state index contributed by atoms with van der Waals surface area (Å²) in [7, 11) is 7.89. The number of benzene rings is 1. The molecule has 1 heterocycles. The number of anilines is 1. The molecule has 0 aliphatic carbocycles. The first kappa shape index (κ1) is 20.2. The highest BCUT2D eigenvalue weighted by Crippen LogP contribution is 2.20. The first-order valence-electron chi connectivity index (χ1n) is 9.00. The van der Waals surface area contributed by atoms with Crippen LogP contribution in [-0.4, -0.2) is 70.7 Å². The van der Waals surface area contributed by atoms with Gasteiger partial charge in [0.2, 0.25) is 0 Å². The highest BCUT2D eigenvalue weighted by Gasteiger charge is 2.21. The molecule has 0 radical (unpaired) electrons. The number of ether oxygens (including phenoxy) is 1. The van der Waals surface area contributed by atoms with E-state index >= 15 is 0 Å². The number of hydrogen-bond donors (Lipinski definition) is 2. The van der Waals surface area contributed by atoms with Gasteiger partial charge in [0, 0.05) is 39.5 Å². The number of amides is 2. The van der Waals surface area contributed by atoms with E-state index in [0.29, 0.717) is 13.1 Å². The van der Waals surface area contributed by atoms with Gasteiger partial charge in [-0.05, 0) is 44.6 Å². The van der Waals surface area contributed by atoms with E-state index in [1.165, 1.54) is 0 Å². The molecule has 26 heavy (non-hydrogen) atoms. The fraction of sp³-hybridized carbons (Fsp3) is 0.579. The van der Waals surface area contributed by atoms with Crippen molar-refractivity contribution in [3.8, 4) is 0 Å². The molecule has 0 saturated carbocycles. The van der Waals surface area contributed by atoms with Gasteiger partial charge in [-0.15, -0.1) is 0 Å². The molecule has 7 heteroatoms. The maximum atomic E-state index is 12.1. The van der Waals surface area contributed by atoms with Gasteiger partial charge in [-0.1, -0.05) is 12.1 Å². The Labute approximate surface area is 155 Å². The van der Waals surface area contributed by atoms with Crippen LogP contribution in [-0.2, 0) is 14.3 Å². The van der Waals surface area contributed by atoms with E-state index < -0.39 is 11.8 Å². The Bertz CT molecular complexity index is 595. The lowest BCUT2D eigenvalue weighted by atomic mass is 10.1. The van der Waals surface area contributed by atoms with Crippen LogP contribution in [0.4, 0.5) is 5.69 Å². The van der Waals surface area contributed by atoms with Gasteiger partial charge in [-0.25, -0.2) is 0 Å². The van der Waals surface area contributed by atoms with Crippen LogP contribution in [0.2, 0.25) is 0 Å². The Morgan fingerprint density at radius 2 is 1.77 bits per heavy atom. The SMILES string of the molecule is CN(C)c1ccc(C(CNC(=O)C(=O)NCC2CCCO2)N(C)C)cc1. The number of hydrogen-bond acceptors (Lipinski definition) is 5. The van der Waals surface area contributed by atoms with Crippen molar-refractivity contribution >= 4 is 17.5 Å². The summed E-state index contributed by atoms with van der Waals surface area (Å²) >= 11 is 0. The summed E-state index contributed by atoms with van der Waals surface area (Å²) in [4.78, 5) is 28.1. The van der Waals surface area contributed by atoms with E-state index in [2.05, 4.69) is 10.6 Å². The zero-order chi connectivity index (χ0) is 19.1. The predicted octanol–water partition coefficient (Wildman–Crippen LogP) is 0.767. The zero-order valence-corrected chi connectivity index (χ0v) is 16.1. The maximum absolute atomic E-state index is 12.1. The van der Waals surface area contributed by atoms with Crippen LogP contribution < -0.4 is 15.5 Å². The third-order valence-electron chi connectivity index (χ3n) is 4.59. The Morgan fingerprint density at radius 3 is 2.31 bits per heavy atom. The van der Waals surface area contributed by atoms with Gasteiger partial charge in [0.25, 0.3) is 0 Å². The van der Waals surface area contributed by atoms with E-state index in [9.17, 15) is 9.59 Å². The van der Waals surface area contributed by atoms with Crippen molar-refractivity contribution in [1.29, 1.82) is 0 Å². The number of carbonyl (C=O) groups is 2. The molecule has 0 aromatic heterocycles. The average molecular weight is 362 g/mol. The molecule has 1 aromatic rings. The zero-order valence-electron chi connectivity index (χ0n) is 16.1. The number of rotatable bonds is 7. The van der Waals surface area contributed by atoms with Crippen molar-refractivity contribution in [2.24, 2.45) is 0 Å². The highest BCUT2D eigenvalue weighted by molar-refractivity contribution is 6.35. The van der Waals surface area contributed by atoms with Crippen molar-refractivity contribution in [3.05, 3.63) is 29.8 Å². The smallest absolute Gasteiger partial charge is 0.309 e. The van der Waals surface area contributed by atoms with E-state index in [1.54, 1.807) is 0 Å². The average Bonchev–Trinajstić information content (AvgIpc) is 3.13. The molecule has 1 aliphatic rings. The minimum absolute atomic E-state index is 0.0128. The number of carbonyl (C=O) groups excluding carboxylic acids is 2. The Hall–Kier alpha value is -2.12. The van der Waals surface area contributed by atoms with E-state index in [-0.39, 0.29) is 12.1 Å². The second-order valence-corrected chi connectivity index (χ2v) is 7.02. The summed E-state index contributed by atoms with van der Waals surface area (Å²) in [6.45, 7) is 1.47. The van der Waals surface area contributed by atoms with Gasteiger partial charge < -0.3 is 25.2 Å². The third-order valence-corrected chi connectivity index (χ3v) is 4.59. The summed E-state index contributed by atoms with van der Waals surface area (Å²) in [5.41, 5.74) is 2.20. The monoisotopic (exact) mass is 362 g/mol. The summed E-state index contributed by atoms with van der Waals surface area (Å²) < 4.78 is 5.44. The van der Waals surface area contributed by atoms with E-state index in [0.717, 1.165) is 30.7 Å². The van der Waals surface area contributed by atoms with Crippen LogP contribution in [0.5, 0.6) is 0 Å². The minimum Gasteiger partial charge on any atom is -0.378 e. The van der Waals surface area contributed by atoms with Crippen LogP contribution in [0, 0.1) is 0 Å². The van der Waals surface area contributed by atoms with Crippen molar-refractivity contribution in [2.75, 3.05) is 52.8 Å². The van der Waals surface area contributed by atoms with Crippen LogP contribution in [0.15, 0.2) is 24.3 Å². The van der Waals surface area contributed by atoms with Crippen molar-refractivity contribution in [2.45, 2.75) is 25.0 Å². The molecule has 2 unspecified atom stereocenters. The highest BCUT2D eigenvalue weighted by atomic mass is 16.5. The minimum atomic E-state index is -0.611. The van der Waals surface area contributed by atoms with E-state index in [1.807, 2.05) is 62.3 Å². The van der Waals surface area contributed by atoms with Gasteiger partial charge >= 0.3 is 11.8 Å². The molecule has 1 aromatic carbocycles. The van der Waals surface area contributed by atoms with Crippen LogP contribution in [0.1, 0.15) is 24.4 Å². The number of likely N-dealkylation sites (N-methyl/N-ethyl adjacent to an activating group) is 1. The topological polar surface area (TPSA) is 73.9 Å². The van der Waals surface area contributed by atoms with Gasteiger partial charge in [-0.2, -0.15) is 0 Å². The van der Waals surface area contributed by atoms with Crippen LogP contribution in [0.25, 0.3) is 0 Å². The van der Waals surface area contributed by atoms with Gasteiger partial charge in [-0.3, -0.25) is 9.59 Å². The largest absolute Gasteiger partial charge is 0.378 e. The predicted molar refractivity (Wildman–Crippen MR) is 102 cm³/mol. The van der Waals surface area contributed by atoms with Crippen molar-refractivity contribution in [3.63, 3.8) is 0 Å². The molecule has 0 spiro atoms. The summed E-state index contributed by atoms with van der Waals surface area (Å²) in [6.07, 6.45) is 1.95. The van der Waals surface area contributed by atoms with Gasteiger partial charge in [0.05, 0.1) is 12.1 Å². The molecular formula is C19H30N4O3. The molecule has 2 amide bonds. The Morgan fingerprint density at radius 1 is 1.12 bits per heavy atom. The third kappa shape index (κ3) is 5.71. The molecule has 0 bridgehead atoms. The lowest BCUT2D eigenvalue weighted by molar-refractivity contribution is -0.139. The first-order chi connectivity index (χ1) is 12.4. The van der Waals surface area contributed by atoms with Crippen LogP contribution >= 0.6 is 0 Å². The fourth-order valence-electron chi connectivity index (χ4n) is 2.95. The van der Waals surface area contributed by atoms with E-state index in [4.69, 9.17) is 4.74 Å².